The predicted octanol–water partition coefficient (Wildman–Crippen LogP) is 5.00. The van der Waals surface area contributed by atoms with Gasteiger partial charge in [0.1, 0.15) is 0 Å². The number of carbonyl (C=O) groups is 1. The highest BCUT2D eigenvalue weighted by molar-refractivity contribution is 6.09. The first-order valence-electron chi connectivity index (χ1n) is 7.76. The molecule has 25 heavy (non-hydrogen) atoms. The van der Waals surface area contributed by atoms with Crippen LogP contribution >= 0.6 is 0 Å². The molecule has 0 aliphatic carbocycles. The molecule has 122 valence electrons. The zero-order chi connectivity index (χ0) is 17.6. The van der Waals surface area contributed by atoms with E-state index in [1.54, 1.807) is 42.5 Å². The fraction of sp³-hybridized carbons (Fsp3) is 0. The Morgan fingerprint density at radius 1 is 0.760 bits per heavy atom. The summed E-state index contributed by atoms with van der Waals surface area (Å²) in [4.78, 5) is 22.7. The number of nitro groups is 1. The smallest absolute Gasteiger partial charge is 0.270 e. The van der Waals surface area contributed by atoms with Crippen molar-refractivity contribution in [2.75, 3.05) is 0 Å². The van der Waals surface area contributed by atoms with Crippen LogP contribution in [-0.4, -0.2) is 10.7 Å². The Kier molecular flexibility index (Phi) is 4.81. The topological polar surface area (TPSA) is 60.2 Å². The fourth-order valence-electron chi connectivity index (χ4n) is 2.44. The minimum Gasteiger partial charge on any atom is -0.289 e. The molecular weight excluding hydrogens is 314 g/mol. The van der Waals surface area contributed by atoms with Crippen LogP contribution in [0.2, 0.25) is 0 Å². The molecule has 0 atom stereocenters. The molecule has 0 radical (unpaired) electrons. The molecule has 0 unspecified atom stereocenters. The second-order valence-electron chi connectivity index (χ2n) is 5.50. The maximum atomic E-state index is 12.4. The Hall–Kier alpha value is -3.53. The maximum absolute atomic E-state index is 12.4. The van der Waals surface area contributed by atoms with Crippen LogP contribution in [0.3, 0.4) is 0 Å². The molecule has 0 spiro atoms. The van der Waals surface area contributed by atoms with E-state index in [0.29, 0.717) is 11.1 Å². The van der Waals surface area contributed by atoms with Crippen LogP contribution in [0.15, 0.2) is 78.9 Å². The number of rotatable bonds is 5. The van der Waals surface area contributed by atoms with E-state index in [0.717, 1.165) is 11.1 Å². The van der Waals surface area contributed by atoms with E-state index < -0.39 is 4.92 Å². The lowest BCUT2D eigenvalue weighted by Crippen LogP contribution is -2.00. The van der Waals surface area contributed by atoms with Crippen LogP contribution < -0.4 is 0 Å². The lowest BCUT2D eigenvalue weighted by atomic mass is 10.0. The third-order valence-corrected chi connectivity index (χ3v) is 3.76. The predicted molar refractivity (Wildman–Crippen MR) is 98.3 cm³/mol. The molecular formula is C21H15NO3. The van der Waals surface area contributed by atoms with Crippen molar-refractivity contribution in [1.29, 1.82) is 0 Å². The summed E-state index contributed by atoms with van der Waals surface area (Å²) in [7, 11) is 0. The molecule has 4 heteroatoms. The standard InChI is InChI=1S/C21H15NO3/c23-21(18-6-2-1-3-7-18)19-13-11-16(12-14-19)9-10-17-5-4-8-20(15-17)22(24)25/h1-15H. The van der Waals surface area contributed by atoms with E-state index in [1.165, 1.54) is 12.1 Å². The Labute approximate surface area is 145 Å². The highest BCUT2D eigenvalue weighted by atomic mass is 16.6. The van der Waals surface area contributed by atoms with E-state index in [9.17, 15) is 14.9 Å². The molecule has 4 nitrogen and oxygen atoms in total. The Morgan fingerprint density at radius 3 is 2.08 bits per heavy atom. The maximum Gasteiger partial charge on any atom is 0.270 e. The first kappa shape index (κ1) is 16.3. The second kappa shape index (κ2) is 7.36. The molecule has 0 aliphatic heterocycles. The molecule has 3 rings (SSSR count). The van der Waals surface area contributed by atoms with E-state index >= 15 is 0 Å². The lowest BCUT2D eigenvalue weighted by molar-refractivity contribution is -0.384. The van der Waals surface area contributed by atoms with Gasteiger partial charge in [0.15, 0.2) is 5.78 Å². The van der Waals surface area contributed by atoms with Gasteiger partial charge in [0.25, 0.3) is 5.69 Å². The number of nitro benzene ring substituents is 1. The van der Waals surface area contributed by atoms with Gasteiger partial charge in [0.2, 0.25) is 0 Å². The van der Waals surface area contributed by atoms with Gasteiger partial charge < -0.3 is 0 Å². The van der Waals surface area contributed by atoms with Gasteiger partial charge in [-0.05, 0) is 11.1 Å². The first-order valence-corrected chi connectivity index (χ1v) is 7.76. The van der Waals surface area contributed by atoms with E-state index in [1.807, 2.05) is 36.4 Å². The van der Waals surface area contributed by atoms with Crippen molar-refractivity contribution in [3.63, 3.8) is 0 Å². The van der Waals surface area contributed by atoms with Crippen molar-refractivity contribution in [1.82, 2.24) is 0 Å². The molecule has 0 saturated carbocycles. The Bertz CT molecular complexity index is 929. The molecule has 0 saturated heterocycles. The van der Waals surface area contributed by atoms with Gasteiger partial charge in [-0.2, -0.15) is 0 Å². The zero-order valence-electron chi connectivity index (χ0n) is 13.3. The zero-order valence-corrected chi connectivity index (χ0v) is 13.3. The summed E-state index contributed by atoms with van der Waals surface area (Å²) in [6.45, 7) is 0. The molecule has 3 aromatic rings. The molecule has 3 aromatic carbocycles. The van der Waals surface area contributed by atoms with Gasteiger partial charge in [0, 0.05) is 23.3 Å². The monoisotopic (exact) mass is 329 g/mol. The van der Waals surface area contributed by atoms with Gasteiger partial charge in [0.05, 0.1) is 4.92 Å². The number of hydrogen-bond donors (Lipinski definition) is 0. The number of non-ortho nitro benzene ring substituents is 1. The minimum absolute atomic E-state index is 0.0187. The summed E-state index contributed by atoms with van der Waals surface area (Å²) in [5.41, 5.74) is 3.00. The first-order chi connectivity index (χ1) is 12.1. The van der Waals surface area contributed by atoms with Crippen LogP contribution in [0.1, 0.15) is 27.0 Å². The van der Waals surface area contributed by atoms with Crippen molar-refractivity contribution >= 4 is 23.6 Å². The van der Waals surface area contributed by atoms with Gasteiger partial charge in [-0.3, -0.25) is 14.9 Å². The highest BCUT2D eigenvalue weighted by Crippen LogP contribution is 2.16. The molecule has 0 amide bonds. The van der Waals surface area contributed by atoms with Crippen molar-refractivity contribution in [3.8, 4) is 0 Å². The normalized spacial score (nSPS) is 10.7. The third-order valence-electron chi connectivity index (χ3n) is 3.76. The number of hydrogen-bond acceptors (Lipinski definition) is 3. The number of nitrogens with zero attached hydrogens (tertiary/aromatic N) is 1. The second-order valence-corrected chi connectivity index (χ2v) is 5.50. The van der Waals surface area contributed by atoms with Crippen molar-refractivity contribution in [2.45, 2.75) is 0 Å². The quantitative estimate of drug-likeness (QED) is 0.286. The van der Waals surface area contributed by atoms with E-state index in [2.05, 4.69) is 0 Å². The van der Waals surface area contributed by atoms with Gasteiger partial charge >= 0.3 is 0 Å². The highest BCUT2D eigenvalue weighted by Gasteiger charge is 2.07. The summed E-state index contributed by atoms with van der Waals surface area (Å²) < 4.78 is 0. The molecule has 0 aromatic heterocycles. The molecule has 0 bridgehead atoms. The average Bonchev–Trinajstić information content (AvgIpc) is 2.67. The number of carbonyl (C=O) groups excluding carboxylic acids is 1. The lowest BCUT2D eigenvalue weighted by Gasteiger charge is -2.02. The molecule has 0 N–H and O–H groups in total. The Balaban J connectivity index is 1.76. The summed E-state index contributed by atoms with van der Waals surface area (Å²) in [5.74, 6) is -0.0187. The Morgan fingerprint density at radius 2 is 1.40 bits per heavy atom. The van der Waals surface area contributed by atoms with Gasteiger partial charge in [-0.15, -0.1) is 0 Å². The van der Waals surface area contributed by atoms with Crippen molar-refractivity contribution in [3.05, 3.63) is 111 Å². The van der Waals surface area contributed by atoms with Crippen LogP contribution in [0.4, 0.5) is 5.69 Å². The van der Waals surface area contributed by atoms with Gasteiger partial charge in [-0.25, -0.2) is 0 Å². The van der Waals surface area contributed by atoms with Crippen molar-refractivity contribution in [2.24, 2.45) is 0 Å². The van der Waals surface area contributed by atoms with E-state index in [-0.39, 0.29) is 11.5 Å². The minimum atomic E-state index is -0.415. The summed E-state index contributed by atoms with van der Waals surface area (Å²) >= 11 is 0. The SMILES string of the molecule is O=C(c1ccccc1)c1ccc(C=Cc2cccc([N+](=O)[O-])c2)cc1. The average molecular weight is 329 g/mol. The molecule has 0 fully saturated rings. The van der Waals surface area contributed by atoms with Crippen LogP contribution in [0.25, 0.3) is 12.2 Å². The summed E-state index contributed by atoms with van der Waals surface area (Å²) in [6, 6.07) is 22.8. The van der Waals surface area contributed by atoms with Gasteiger partial charge in [-0.1, -0.05) is 78.9 Å². The molecule has 0 aliphatic rings. The largest absolute Gasteiger partial charge is 0.289 e. The van der Waals surface area contributed by atoms with Crippen LogP contribution in [0, 0.1) is 10.1 Å². The summed E-state index contributed by atoms with van der Waals surface area (Å²) in [5, 5.41) is 10.8. The van der Waals surface area contributed by atoms with Crippen LogP contribution in [0.5, 0.6) is 0 Å². The van der Waals surface area contributed by atoms with E-state index in [4.69, 9.17) is 0 Å². The third kappa shape index (κ3) is 4.06. The fourth-order valence-corrected chi connectivity index (χ4v) is 2.44. The van der Waals surface area contributed by atoms with Crippen molar-refractivity contribution < 1.29 is 9.72 Å². The van der Waals surface area contributed by atoms with Crippen LogP contribution in [-0.2, 0) is 0 Å². The molecule has 0 heterocycles. The number of ketones is 1. The summed E-state index contributed by atoms with van der Waals surface area (Å²) in [6.07, 6.45) is 3.66. The number of benzene rings is 3.